The smallest absolute Gasteiger partial charge is 0.257 e. The summed E-state index contributed by atoms with van der Waals surface area (Å²) in [4.78, 5) is 31.2. The maximum atomic E-state index is 14.6. The Balaban J connectivity index is 0.00000123. The number of nitrogens with zero attached hydrogens (tertiary/aromatic N) is 4. The number of primary amides is 1. The quantitative estimate of drug-likeness (QED) is 0.244. The van der Waals surface area contributed by atoms with Crippen molar-refractivity contribution in [2.75, 3.05) is 51.9 Å². The number of carbonyl (C=O) groups is 2. The molecule has 10 nitrogen and oxygen atoms in total. The lowest BCUT2D eigenvalue weighted by atomic mass is 9.79. The summed E-state index contributed by atoms with van der Waals surface area (Å²) in [5.74, 6) is 0.645. The van der Waals surface area contributed by atoms with Crippen molar-refractivity contribution in [3.05, 3.63) is 76.1 Å². The molecule has 1 aromatic heterocycles. The van der Waals surface area contributed by atoms with E-state index >= 15 is 0 Å². The molecule has 296 valence electrons. The standard InChI is InChI=1S/C41H51N5O5.C3H8S/c1-26-23-45(24-27(2)51-26)41(48)37-22-43-46(33-14-16-50-17-15-33)39(37)32-18-31-19-34(49-4)12-10-29(31)20-36(28-8-6-5-7-9-28)35-13-11-30(40(42)47)21-38(35)44(3)25-32;1-3(2)4/h10-13,18-22,26-28,33H,5-9,14-17,23-25H2,1-4H3,(H2,42,47);3-4H,1-2H3/b32-18+,36-20+;. The molecular weight excluding hydrogens is 711 g/mol. The molecule has 2 amide bonds. The Morgan fingerprint density at radius 1 is 0.945 bits per heavy atom. The molecule has 2 atom stereocenters. The zero-order valence-electron chi connectivity index (χ0n) is 33.4. The summed E-state index contributed by atoms with van der Waals surface area (Å²) >= 11 is 3.97. The first-order valence-corrected chi connectivity index (χ1v) is 20.5. The molecule has 1 saturated carbocycles. The van der Waals surface area contributed by atoms with Crippen molar-refractivity contribution >= 4 is 53.4 Å². The molecule has 4 aliphatic rings. The van der Waals surface area contributed by atoms with Gasteiger partial charge in [-0.05, 0) is 103 Å². The van der Waals surface area contributed by atoms with Gasteiger partial charge in [-0.15, -0.1) is 0 Å². The number of likely N-dealkylation sites (N-methyl/N-ethyl adjacent to an activating group) is 1. The highest BCUT2D eigenvalue weighted by Gasteiger charge is 2.33. The Hall–Kier alpha value is -4.06. The zero-order chi connectivity index (χ0) is 39.2. The van der Waals surface area contributed by atoms with Gasteiger partial charge in [0, 0.05) is 56.7 Å². The van der Waals surface area contributed by atoms with Gasteiger partial charge in [0.2, 0.25) is 5.91 Å². The van der Waals surface area contributed by atoms with Crippen molar-refractivity contribution < 1.29 is 23.8 Å². The predicted octanol–water partition coefficient (Wildman–Crippen LogP) is 8.03. The fraction of sp³-hybridized carbons (Fsp3) is 0.523. The Kier molecular flexibility index (Phi) is 13.5. The topological polar surface area (TPSA) is 112 Å². The molecule has 1 aliphatic carbocycles. The molecule has 4 heterocycles. The van der Waals surface area contributed by atoms with Crippen molar-refractivity contribution in [3.63, 3.8) is 0 Å². The van der Waals surface area contributed by atoms with Crippen LogP contribution < -0.4 is 15.4 Å². The molecule has 2 N–H and O–H groups in total. The van der Waals surface area contributed by atoms with E-state index in [9.17, 15) is 9.59 Å². The van der Waals surface area contributed by atoms with Crippen molar-refractivity contribution in [1.29, 1.82) is 0 Å². The fourth-order valence-corrected chi connectivity index (χ4v) is 8.45. The van der Waals surface area contributed by atoms with E-state index in [4.69, 9.17) is 25.0 Å². The van der Waals surface area contributed by atoms with E-state index < -0.39 is 5.91 Å². The number of methoxy groups -OCH3 is 1. The monoisotopic (exact) mass is 769 g/mol. The molecule has 3 aromatic rings. The summed E-state index contributed by atoms with van der Waals surface area (Å²) in [5, 5.41) is 5.49. The van der Waals surface area contributed by atoms with Crippen LogP contribution in [0.25, 0.3) is 23.3 Å². The first kappa shape index (κ1) is 40.6. The Bertz CT molecular complexity index is 1880. The molecule has 3 fully saturated rings. The SMILES string of the molecule is CC(C)S.COc1ccc2c(c1)/C=C(/c1c(C(=O)N3CC(C)OC(C)C3)cnn1C1CCOCC1)CN(C)c1cc(C(N)=O)ccc1/C(C1CCCCC1)=C/2. The van der Waals surface area contributed by atoms with E-state index in [1.54, 1.807) is 13.3 Å². The normalized spacial score (nSPS) is 23.0. The highest BCUT2D eigenvalue weighted by molar-refractivity contribution is 7.80. The number of ether oxygens (including phenoxy) is 3. The van der Waals surface area contributed by atoms with E-state index in [1.165, 1.54) is 24.8 Å². The van der Waals surface area contributed by atoms with Crippen LogP contribution in [-0.2, 0) is 9.47 Å². The van der Waals surface area contributed by atoms with Crippen LogP contribution in [0.5, 0.6) is 5.75 Å². The van der Waals surface area contributed by atoms with E-state index in [2.05, 4.69) is 59.6 Å². The second-order valence-corrected chi connectivity index (χ2v) is 16.8. The molecule has 2 aromatic carbocycles. The van der Waals surface area contributed by atoms with Crippen LogP contribution in [0.4, 0.5) is 5.69 Å². The lowest BCUT2D eigenvalue weighted by Gasteiger charge is -2.35. The third-order valence-corrected chi connectivity index (χ3v) is 11.0. The molecule has 7 rings (SSSR count). The summed E-state index contributed by atoms with van der Waals surface area (Å²) in [6, 6.07) is 12.2. The van der Waals surface area contributed by atoms with Gasteiger partial charge < -0.3 is 29.7 Å². The number of nitrogens with two attached hydrogens (primary N) is 1. The number of aromatic nitrogens is 2. The van der Waals surface area contributed by atoms with Gasteiger partial charge in [-0.25, -0.2) is 0 Å². The molecule has 0 bridgehead atoms. The molecule has 11 heteroatoms. The van der Waals surface area contributed by atoms with Crippen molar-refractivity contribution in [2.45, 2.75) is 96.1 Å². The van der Waals surface area contributed by atoms with Gasteiger partial charge in [-0.1, -0.05) is 51.3 Å². The van der Waals surface area contributed by atoms with Crippen LogP contribution in [0.3, 0.4) is 0 Å². The summed E-state index contributed by atoms with van der Waals surface area (Å²) in [7, 11) is 3.75. The van der Waals surface area contributed by atoms with Crippen LogP contribution in [0.1, 0.15) is 122 Å². The van der Waals surface area contributed by atoms with Gasteiger partial charge in [-0.3, -0.25) is 14.3 Å². The number of hydrogen-bond donors (Lipinski definition) is 2. The zero-order valence-corrected chi connectivity index (χ0v) is 34.3. The Labute approximate surface area is 332 Å². The number of fused-ring (bicyclic) bond motifs is 2. The molecule has 3 aliphatic heterocycles. The predicted molar refractivity (Wildman–Crippen MR) is 225 cm³/mol. The number of amides is 2. The summed E-state index contributed by atoms with van der Waals surface area (Å²) in [5.41, 5.74) is 14.1. The first-order chi connectivity index (χ1) is 26.4. The number of anilines is 1. The van der Waals surface area contributed by atoms with Crippen molar-refractivity contribution in [3.8, 4) is 5.75 Å². The number of rotatable bonds is 6. The second kappa shape index (κ2) is 18.3. The number of carbonyl (C=O) groups excluding carboxylic acids is 2. The summed E-state index contributed by atoms with van der Waals surface area (Å²) in [6.07, 6.45) is 13.7. The van der Waals surface area contributed by atoms with Gasteiger partial charge in [0.05, 0.1) is 42.8 Å². The minimum Gasteiger partial charge on any atom is -0.497 e. The van der Waals surface area contributed by atoms with Gasteiger partial charge in [-0.2, -0.15) is 17.7 Å². The maximum absolute atomic E-state index is 14.6. The lowest BCUT2D eigenvalue weighted by Crippen LogP contribution is -2.48. The van der Waals surface area contributed by atoms with E-state index in [0.29, 0.717) is 55.1 Å². The van der Waals surface area contributed by atoms with Crippen LogP contribution >= 0.6 is 12.6 Å². The molecule has 0 radical (unpaired) electrons. The number of hydrogen-bond acceptors (Lipinski definition) is 8. The van der Waals surface area contributed by atoms with E-state index in [-0.39, 0.29) is 24.2 Å². The third kappa shape index (κ3) is 9.67. The number of allylic oxidation sites excluding steroid dienone is 1. The third-order valence-electron chi connectivity index (χ3n) is 11.0. The average Bonchev–Trinajstić information content (AvgIpc) is 3.62. The largest absolute Gasteiger partial charge is 0.497 e. The Morgan fingerprint density at radius 2 is 1.64 bits per heavy atom. The number of benzene rings is 2. The highest BCUT2D eigenvalue weighted by atomic mass is 32.1. The molecule has 0 spiro atoms. The van der Waals surface area contributed by atoms with Crippen LogP contribution in [-0.4, -0.2) is 91.0 Å². The van der Waals surface area contributed by atoms with E-state index in [1.807, 2.05) is 50.8 Å². The number of morpholine rings is 1. The van der Waals surface area contributed by atoms with Crippen LogP contribution in [0.2, 0.25) is 0 Å². The molecular formula is C44H59N5O5S. The first-order valence-electron chi connectivity index (χ1n) is 20.0. The van der Waals surface area contributed by atoms with Crippen LogP contribution in [0, 0.1) is 5.92 Å². The van der Waals surface area contributed by atoms with Crippen molar-refractivity contribution in [1.82, 2.24) is 14.7 Å². The fourth-order valence-electron chi connectivity index (χ4n) is 8.45. The molecule has 55 heavy (non-hydrogen) atoms. The van der Waals surface area contributed by atoms with Gasteiger partial charge in [0.15, 0.2) is 0 Å². The minimum absolute atomic E-state index is 0.0484. The second-order valence-electron chi connectivity index (χ2n) is 15.8. The molecule has 2 unspecified atom stereocenters. The van der Waals surface area contributed by atoms with E-state index in [0.717, 1.165) is 65.1 Å². The Morgan fingerprint density at radius 3 is 2.29 bits per heavy atom. The van der Waals surface area contributed by atoms with Gasteiger partial charge >= 0.3 is 0 Å². The average molecular weight is 770 g/mol. The lowest BCUT2D eigenvalue weighted by molar-refractivity contribution is -0.0586. The van der Waals surface area contributed by atoms with Gasteiger partial charge in [0.25, 0.3) is 5.91 Å². The summed E-state index contributed by atoms with van der Waals surface area (Å²) in [6.45, 7) is 10.9. The minimum atomic E-state index is -0.459. The summed E-state index contributed by atoms with van der Waals surface area (Å²) < 4.78 is 19.6. The highest BCUT2D eigenvalue weighted by Crippen LogP contribution is 2.43. The maximum Gasteiger partial charge on any atom is 0.257 e. The molecule has 2 saturated heterocycles. The van der Waals surface area contributed by atoms with Gasteiger partial charge in [0.1, 0.15) is 5.75 Å². The number of thiol groups is 1. The van der Waals surface area contributed by atoms with Crippen molar-refractivity contribution in [2.24, 2.45) is 11.7 Å². The van der Waals surface area contributed by atoms with Crippen LogP contribution in [0.15, 0.2) is 42.6 Å².